The summed E-state index contributed by atoms with van der Waals surface area (Å²) in [7, 11) is -3.54. The maximum atomic E-state index is 13.4. The third-order valence-corrected chi connectivity index (χ3v) is 6.81. The van der Waals surface area contributed by atoms with Gasteiger partial charge in [0.15, 0.2) is 0 Å². The van der Waals surface area contributed by atoms with E-state index in [-0.39, 0.29) is 23.1 Å². The van der Waals surface area contributed by atoms with Crippen LogP contribution in [-0.4, -0.2) is 38.4 Å². The van der Waals surface area contributed by atoms with Crippen LogP contribution in [0.5, 0.6) is 0 Å². The summed E-state index contributed by atoms with van der Waals surface area (Å²) in [5.41, 5.74) is 0.971. The lowest BCUT2D eigenvalue weighted by molar-refractivity contribution is 0.247. The molecule has 0 bridgehead atoms. The molecule has 0 amide bonds. The minimum Gasteiger partial charge on any atom is -0.314 e. The van der Waals surface area contributed by atoms with Gasteiger partial charge < -0.3 is 5.32 Å². The van der Waals surface area contributed by atoms with Crippen molar-refractivity contribution in [3.8, 4) is 0 Å². The van der Waals surface area contributed by atoms with Crippen LogP contribution in [0.1, 0.15) is 24.0 Å². The fraction of sp³-hybridized carbons (Fsp3) is 0.600. The topological polar surface area (TPSA) is 49.4 Å². The highest BCUT2D eigenvalue weighted by Crippen LogP contribution is 2.31. The molecule has 1 aromatic carbocycles. The lowest BCUT2D eigenvalue weighted by Gasteiger charge is -2.34. The summed E-state index contributed by atoms with van der Waals surface area (Å²) in [6.07, 6.45) is 1.88. The molecule has 0 aliphatic carbocycles. The van der Waals surface area contributed by atoms with Gasteiger partial charge >= 0.3 is 0 Å². The molecule has 2 heterocycles. The summed E-state index contributed by atoms with van der Waals surface area (Å²) in [5, 5.41) is 3.43. The second-order valence-corrected chi connectivity index (χ2v) is 8.00. The number of nitrogens with one attached hydrogen (secondary N) is 1. The Morgan fingerprint density at radius 2 is 1.86 bits per heavy atom. The monoisotopic (exact) mass is 348 g/mol. The van der Waals surface area contributed by atoms with E-state index in [1.807, 2.05) is 0 Å². The summed E-state index contributed by atoms with van der Waals surface area (Å²) in [6, 6.07) is 3.04. The van der Waals surface area contributed by atoms with Crippen molar-refractivity contribution in [3.05, 3.63) is 29.1 Å². The van der Waals surface area contributed by atoms with E-state index < -0.39 is 10.0 Å². The van der Waals surface area contributed by atoms with Gasteiger partial charge in [0.05, 0.1) is 4.90 Å². The number of hydrogen-bond acceptors (Lipinski definition) is 3. The molecular weight excluding hydrogens is 327 g/mol. The molecule has 124 valence electrons. The van der Waals surface area contributed by atoms with Crippen LogP contribution in [0.2, 0.25) is 0 Å². The van der Waals surface area contributed by atoms with E-state index in [4.69, 9.17) is 0 Å². The lowest BCUT2D eigenvalue weighted by atomic mass is 9.95. The van der Waals surface area contributed by atoms with Crippen LogP contribution in [0.15, 0.2) is 17.0 Å². The number of fused-ring (bicyclic) bond motifs is 1. The Bertz CT molecular complexity index is 643. The molecule has 2 fully saturated rings. The largest absolute Gasteiger partial charge is 0.314 e. The Labute approximate surface area is 137 Å². The number of benzene rings is 1. The maximum absolute atomic E-state index is 13.4. The molecule has 0 aromatic heterocycles. The Kier molecular flexibility index (Phi) is 5.16. The average Bonchev–Trinajstić information content (AvgIpc) is 2.83. The summed E-state index contributed by atoms with van der Waals surface area (Å²) in [6.45, 7) is 5.39. The number of aryl methyl sites for hydroxylation is 2. The van der Waals surface area contributed by atoms with Gasteiger partial charge in [-0.25, -0.2) is 12.8 Å². The Hall–Kier alpha value is -0.690. The van der Waals surface area contributed by atoms with Gasteiger partial charge in [-0.2, -0.15) is 4.31 Å². The number of hydrogen-bond donors (Lipinski definition) is 1. The summed E-state index contributed by atoms with van der Waals surface area (Å²) in [5.74, 6) is 0.0113. The molecule has 2 saturated heterocycles. The molecule has 0 radical (unpaired) electrons. The minimum atomic E-state index is -3.54. The molecule has 7 heteroatoms. The standard InChI is InChI=1S/C15H21FN2O2S.ClH/c1-10-7-13(16)8-11(2)15(10)21(19,20)18-6-4-14-12(9-18)3-5-17-14;/h7-8,12,14,17H,3-6,9H2,1-2H3;1H. The van der Waals surface area contributed by atoms with Crippen molar-refractivity contribution in [1.29, 1.82) is 0 Å². The number of sulfonamides is 1. The van der Waals surface area contributed by atoms with Crippen LogP contribution in [0, 0.1) is 25.6 Å². The fourth-order valence-electron chi connectivity index (χ4n) is 3.67. The van der Waals surface area contributed by atoms with Crippen LogP contribution in [0.4, 0.5) is 4.39 Å². The van der Waals surface area contributed by atoms with Crippen molar-refractivity contribution in [1.82, 2.24) is 9.62 Å². The van der Waals surface area contributed by atoms with E-state index >= 15 is 0 Å². The fourth-order valence-corrected chi connectivity index (χ4v) is 5.59. The Balaban J connectivity index is 0.00000176. The summed E-state index contributed by atoms with van der Waals surface area (Å²) < 4.78 is 40.8. The predicted octanol–water partition coefficient (Wildman–Crippen LogP) is 2.24. The van der Waals surface area contributed by atoms with Crippen LogP contribution >= 0.6 is 12.4 Å². The third kappa shape index (κ3) is 3.02. The van der Waals surface area contributed by atoms with Gasteiger partial charge in [0.1, 0.15) is 5.82 Å². The van der Waals surface area contributed by atoms with Gasteiger partial charge in [0, 0.05) is 19.1 Å². The molecule has 0 saturated carbocycles. The Morgan fingerprint density at radius 3 is 2.50 bits per heavy atom. The molecule has 2 aliphatic heterocycles. The number of nitrogens with zero attached hydrogens (tertiary/aromatic N) is 1. The van der Waals surface area contributed by atoms with Crippen LogP contribution in [0.25, 0.3) is 0 Å². The highest BCUT2D eigenvalue weighted by molar-refractivity contribution is 7.89. The van der Waals surface area contributed by atoms with E-state index in [2.05, 4.69) is 5.32 Å². The third-order valence-electron chi connectivity index (χ3n) is 4.64. The van der Waals surface area contributed by atoms with E-state index in [9.17, 15) is 12.8 Å². The van der Waals surface area contributed by atoms with Gasteiger partial charge in [-0.05, 0) is 62.4 Å². The second-order valence-electron chi connectivity index (χ2n) is 6.13. The van der Waals surface area contributed by atoms with Crippen molar-refractivity contribution in [2.45, 2.75) is 37.6 Å². The first-order chi connectivity index (χ1) is 9.89. The smallest absolute Gasteiger partial charge is 0.243 e. The molecule has 0 spiro atoms. The van der Waals surface area contributed by atoms with E-state index in [0.29, 0.717) is 36.2 Å². The molecule has 1 aromatic rings. The first kappa shape index (κ1) is 17.7. The van der Waals surface area contributed by atoms with Crippen molar-refractivity contribution in [3.63, 3.8) is 0 Å². The van der Waals surface area contributed by atoms with Crippen molar-refractivity contribution in [2.24, 2.45) is 5.92 Å². The molecule has 4 nitrogen and oxygen atoms in total. The van der Waals surface area contributed by atoms with Gasteiger partial charge in [0.25, 0.3) is 0 Å². The van der Waals surface area contributed by atoms with Crippen molar-refractivity contribution >= 4 is 22.4 Å². The zero-order chi connectivity index (χ0) is 15.2. The first-order valence-electron chi connectivity index (χ1n) is 7.40. The van der Waals surface area contributed by atoms with Gasteiger partial charge in [-0.3, -0.25) is 0 Å². The number of rotatable bonds is 2. The molecular formula is C15H22ClFN2O2S. The summed E-state index contributed by atoms with van der Waals surface area (Å²) >= 11 is 0. The van der Waals surface area contributed by atoms with Crippen LogP contribution in [0.3, 0.4) is 0 Å². The number of piperidine rings is 1. The minimum absolute atomic E-state index is 0. The van der Waals surface area contributed by atoms with Crippen LogP contribution < -0.4 is 5.32 Å². The lowest BCUT2D eigenvalue weighted by Crippen LogP contribution is -2.47. The molecule has 3 rings (SSSR count). The molecule has 2 aliphatic rings. The normalized spacial score (nSPS) is 25.6. The predicted molar refractivity (Wildman–Crippen MR) is 86.4 cm³/mol. The van der Waals surface area contributed by atoms with Gasteiger partial charge in [-0.1, -0.05) is 0 Å². The quantitative estimate of drug-likeness (QED) is 0.891. The van der Waals surface area contributed by atoms with Crippen molar-refractivity contribution in [2.75, 3.05) is 19.6 Å². The highest BCUT2D eigenvalue weighted by Gasteiger charge is 2.38. The van der Waals surface area contributed by atoms with Crippen LogP contribution in [-0.2, 0) is 10.0 Å². The van der Waals surface area contributed by atoms with Gasteiger partial charge in [0.2, 0.25) is 10.0 Å². The second kappa shape index (κ2) is 6.43. The van der Waals surface area contributed by atoms with E-state index in [1.54, 1.807) is 18.2 Å². The molecule has 1 N–H and O–H groups in total. The maximum Gasteiger partial charge on any atom is 0.243 e. The average molecular weight is 349 g/mol. The van der Waals surface area contributed by atoms with Crippen molar-refractivity contribution < 1.29 is 12.8 Å². The zero-order valence-electron chi connectivity index (χ0n) is 12.8. The molecule has 2 atom stereocenters. The zero-order valence-corrected chi connectivity index (χ0v) is 14.4. The Morgan fingerprint density at radius 1 is 1.23 bits per heavy atom. The van der Waals surface area contributed by atoms with Gasteiger partial charge in [-0.15, -0.1) is 12.4 Å². The van der Waals surface area contributed by atoms with E-state index in [0.717, 1.165) is 19.4 Å². The first-order valence-corrected chi connectivity index (χ1v) is 8.84. The molecule has 2 unspecified atom stereocenters. The van der Waals surface area contributed by atoms with E-state index in [1.165, 1.54) is 12.1 Å². The molecule has 22 heavy (non-hydrogen) atoms. The number of halogens is 2. The highest BCUT2D eigenvalue weighted by atomic mass is 35.5. The summed E-state index contributed by atoms with van der Waals surface area (Å²) in [4.78, 5) is 0.272. The SMILES string of the molecule is Cc1cc(F)cc(C)c1S(=O)(=O)N1CCC2NCCC2C1.Cl.